The van der Waals surface area contributed by atoms with Crippen molar-refractivity contribution in [1.29, 1.82) is 0 Å². The summed E-state index contributed by atoms with van der Waals surface area (Å²) in [4.78, 5) is 2.21. The van der Waals surface area contributed by atoms with Gasteiger partial charge < -0.3 is 19.7 Å². The van der Waals surface area contributed by atoms with Gasteiger partial charge in [-0.3, -0.25) is 0 Å². The fourth-order valence-corrected chi connectivity index (χ4v) is 3.38. The van der Waals surface area contributed by atoms with E-state index in [1.807, 2.05) is 37.3 Å². The number of rotatable bonds is 7. The lowest BCUT2D eigenvalue weighted by Gasteiger charge is -2.31. The molecule has 1 atom stereocenters. The molecule has 0 bridgehead atoms. The van der Waals surface area contributed by atoms with Gasteiger partial charge in [0.15, 0.2) is 5.11 Å². The first-order chi connectivity index (χ1) is 12.5. The molecule has 2 aromatic rings. The summed E-state index contributed by atoms with van der Waals surface area (Å²) in [5.41, 5.74) is 3.37. The lowest BCUT2D eigenvalue weighted by molar-refractivity contribution is 0.347. The van der Waals surface area contributed by atoms with Crippen molar-refractivity contribution in [1.82, 2.24) is 4.90 Å². The molecule has 0 aliphatic rings. The van der Waals surface area contributed by atoms with Gasteiger partial charge in [0.2, 0.25) is 0 Å². The average molecular weight is 373 g/mol. The number of methoxy groups -OCH3 is 2. The van der Waals surface area contributed by atoms with Crippen LogP contribution in [-0.2, 0) is 6.42 Å². The molecule has 0 radical (unpaired) electrons. The lowest BCUT2D eigenvalue weighted by atomic mass is 10.1. The van der Waals surface area contributed by atoms with E-state index in [1.54, 1.807) is 14.2 Å². The van der Waals surface area contributed by atoms with Gasteiger partial charge in [0.25, 0.3) is 0 Å². The minimum atomic E-state index is 0.284. The third-order valence-electron chi connectivity index (χ3n) is 4.50. The van der Waals surface area contributed by atoms with Gasteiger partial charge in [0.1, 0.15) is 11.5 Å². The normalized spacial score (nSPS) is 11.6. The number of hydrogen-bond acceptors (Lipinski definition) is 3. The first-order valence-corrected chi connectivity index (χ1v) is 9.24. The molecule has 0 saturated carbocycles. The maximum atomic E-state index is 5.67. The van der Waals surface area contributed by atoms with Gasteiger partial charge in [-0.2, -0.15) is 0 Å². The fraction of sp³-hybridized carbons (Fsp3) is 0.381. The fourth-order valence-electron chi connectivity index (χ4n) is 2.96. The van der Waals surface area contributed by atoms with Crippen LogP contribution in [0.25, 0.3) is 0 Å². The zero-order chi connectivity index (χ0) is 19.1. The van der Waals surface area contributed by atoms with Crippen LogP contribution in [0, 0.1) is 6.92 Å². The van der Waals surface area contributed by atoms with E-state index >= 15 is 0 Å². The van der Waals surface area contributed by atoms with Crippen molar-refractivity contribution >= 4 is 23.0 Å². The lowest BCUT2D eigenvalue weighted by Crippen LogP contribution is -2.42. The Bertz CT molecular complexity index is 731. The molecule has 4 nitrogen and oxygen atoms in total. The number of aryl methyl sites for hydroxylation is 1. The van der Waals surface area contributed by atoms with E-state index < -0.39 is 0 Å². The highest BCUT2D eigenvalue weighted by Crippen LogP contribution is 2.22. The number of likely N-dealkylation sites (N-methyl/N-ethyl adjacent to an activating group) is 1. The quantitative estimate of drug-likeness (QED) is 0.715. The molecule has 140 valence electrons. The van der Waals surface area contributed by atoms with Crippen LogP contribution in [0.3, 0.4) is 0 Å². The molecular weight excluding hydrogens is 344 g/mol. The Labute approximate surface area is 162 Å². The molecule has 0 aliphatic carbocycles. The van der Waals surface area contributed by atoms with E-state index in [2.05, 4.69) is 36.2 Å². The van der Waals surface area contributed by atoms with Crippen molar-refractivity contribution in [2.75, 3.05) is 26.1 Å². The van der Waals surface area contributed by atoms with Crippen LogP contribution < -0.4 is 14.8 Å². The topological polar surface area (TPSA) is 33.7 Å². The Kier molecular flexibility index (Phi) is 7.27. The molecular formula is C21H28N2O2S. The van der Waals surface area contributed by atoms with Crippen LogP contribution >= 0.6 is 12.2 Å². The largest absolute Gasteiger partial charge is 0.497 e. The minimum absolute atomic E-state index is 0.284. The van der Waals surface area contributed by atoms with Crippen LogP contribution in [0.4, 0.5) is 5.69 Å². The molecule has 1 N–H and O–H groups in total. The standard InChI is InChI=1S/C21H28N2O2S/c1-6-23(16(3)14-17-7-9-18(24-4)10-8-17)21(26)22-20-12-11-19(25-5)13-15(20)2/h7-13,16H,6,14H2,1-5H3,(H,22,26). The maximum Gasteiger partial charge on any atom is 0.173 e. The molecule has 26 heavy (non-hydrogen) atoms. The molecule has 5 heteroatoms. The Balaban J connectivity index is 2.04. The zero-order valence-corrected chi connectivity index (χ0v) is 17.0. The predicted octanol–water partition coefficient (Wildman–Crippen LogP) is 4.66. The predicted molar refractivity (Wildman–Crippen MR) is 112 cm³/mol. The van der Waals surface area contributed by atoms with Crippen molar-refractivity contribution in [3.05, 3.63) is 53.6 Å². The minimum Gasteiger partial charge on any atom is -0.497 e. The van der Waals surface area contributed by atoms with Crippen molar-refractivity contribution in [2.24, 2.45) is 0 Å². The Morgan fingerprint density at radius 3 is 2.23 bits per heavy atom. The van der Waals surface area contributed by atoms with Crippen molar-refractivity contribution < 1.29 is 9.47 Å². The van der Waals surface area contributed by atoms with Crippen molar-refractivity contribution in [3.8, 4) is 11.5 Å². The highest BCUT2D eigenvalue weighted by Gasteiger charge is 2.17. The Hall–Kier alpha value is -2.27. The zero-order valence-electron chi connectivity index (χ0n) is 16.2. The number of nitrogens with zero attached hydrogens (tertiary/aromatic N) is 1. The van der Waals surface area contributed by atoms with E-state index in [9.17, 15) is 0 Å². The number of ether oxygens (including phenoxy) is 2. The molecule has 0 fully saturated rings. The molecule has 0 aliphatic heterocycles. The van der Waals surface area contributed by atoms with Gasteiger partial charge in [0, 0.05) is 18.3 Å². The monoisotopic (exact) mass is 372 g/mol. The van der Waals surface area contributed by atoms with Crippen LogP contribution in [0.1, 0.15) is 25.0 Å². The first kappa shape index (κ1) is 20.0. The summed E-state index contributed by atoms with van der Waals surface area (Å²) in [5, 5.41) is 4.12. The van der Waals surface area contributed by atoms with Crippen LogP contribution in [-0.4, -0.2) is 36.8 Å². The van der Waals surface area contributed by atoms with Crippen LogP contribution in [0.15, 0.2) is 42.5 Å². The van der Waals surface area contributed by atoms with Gasteiger partial charge in [-0.25, -0.2) is 0 Å². The molecule has 0 spiro atoms. The van der Waals surface area contributed by atoms with E-state index in [0.29, 0.717) is 0 Å². The Morgan fingerprint density at radius 1 is 1.08 bits per heavy atom. The summed E-state index contributed by atoms with van der Waals surface area (Å²) in [6.45, 7) is 7.21. The summed E-state index contributed by atoms with van der Waals surface area (Å²) < 4.78 is 10.5. The van der Waals surface area contributed by atoms with Gasteiger partial charge in [-0.15, -0.1) is 0 Å². The molecule has 1 unspecified atom stereocenters. The number of benzene rings is 2. The van der Waals surface area contributed by atoms with Crippen LogP contribution in [0.5, 0.6) is 11.5 Å². The first-order valence-electron chi connectivity index (χ1n) is 8.83. The smallest absolute Gasteiger partial charge is 0.173 e. The average Bonchev–Trinajstić information content (AvgIpc) is 2.64. The van der Waals surface area contributed by atoms with E-state index in [0.717, 1.165) is 40.8 Å². The van der Waals surface area contributed by atoms with E-state index in [-0.39, 0.29) is 6.04 Å². The maximum absolute atomic E-state index is 5.67. The molecule has 2 rings (SSSR count). The molecule has 0 heterocycles. The summed E-state index contributed by atoms with van der Waals surface area (Å²) in [5.74, 6) is 1.72. The van der Waals surface area contributed by atoms with Gasteiger partial charge >= 0.3 is 0 Å². The summed E-state index contributed by atoms with van der Waals surface area (Å²) in [6, 6.07) is 14.4. The van der Waals surface area contributed by atoms with Crippen molar-refractivity contribution in [2.45, 2.75) is 33.2 Å². The van der Waals surface area contributed by atoms with E-state index in [1.165, 1.54) is 5.56 Å². The van der Waals surface area contributed by atoms with Gasteiger partial charge in [0.05, 0.1) is 14.2 Å². The van der Waals surface area contributed by atoms with E-state index in [4.69, 9.17) is 21.7 Å². The second kappa shape index (κ2) is 9.43. The SMILES string of the molecule is CCN(C(=S)Nc1ccc(OC)cc1C)C(C)Cc1ccc(OC)cc1. The molecule has 0 amide bonds. The third-order valence-corrected chi connectivity index (χ3v) is 4.84. The molecule has 0 saturated heterocycles. The highest BCUT2D eigenvalue weighted by atomic mass is 32.1. The summed E-state index contributed by atoms with van der Waals surface area (Å²) >= 11 is 5.67. The molecule has 0 aromatic heterocycles. The number of hydrogen-bond donors (Lipinski definition) is 1. The summed E-state index contributed by atoms with van der Waals surface area (Å²) in [7, 11) is 3.36. The highest BCUT2D eigenvalue weighted by molar-refractivity contribution is 7.80. The second-order valence-electron chi connectivity index (χ2n) is 6.30. The number of anilines is 1. The Morgan fingerprint density at radius 2 is 1.69 bits per heavy atom. The second-order valence-corrected chi connectivity index (χ2v) is 6.68. The number of nitrogens with one attached hydrogen (secondary N) is 1. The summed E-state index contributed by atoms with van der Waals surface area (Å²) in [6.07, 6.45) is 0.918. The van der Waals surface area contributed by atoms with Crippen LogP contribution in [0.2, 0.25) is 0 Å². The molecule has 2 aromatic carbocycles. The number of thiocarbonyl (C=S) groups is 1. The van der Waals surface area contributed by atoms with Gasteiger partial charge in [-0.05, 0) is 80.9 Å². The van der Waals surface area contributed by atoms with Gasteiger partial charge in [-0.1, -0.05) is 12.1 Å². The van der Waals surface area contributed by atoms with Crippen molar-refractivity contribution in [3.63, 3.8) is 0 Å². The third kappa shape index (κ3) is 5.11.